The van der Waals surface area contributed by atoms with Crippen LogP contribution >= 0.6 is 0 Å². The van der Waals surface area contributed by atoms with Crippen LogP contribution in [0.5, 0.6) is 5.75 Å². The quantitative estimate of drug-likeness (QED) is 0.534. The van der Waals surface area contributed by atoms with Crippen molar-refractivity contribution in [1.82, 2.24) is 25.3 Å². The van der Waals surface area contributed by atoms with E-state index in [-0.39, 0.29) is 17.4 Å². The third kappa shape index (κ3) is 4.02. The number of benzene rings is 2. The van der Waals surface area contributed by atoms with Crippen LogP contribution in [-0.2, 0) is 6.54 Å². The molecule has 4 rings (SSSR count). The molecule has 0 saturated heterocycles. The molecule has 2 aromatic carbocycles. The molecular formula is C22H18FN5O2. The zero-order chi connectivity index (χ0) is 20.9. The van der Waals surface area contributed by atoms with Gasteiger partial charge in [-0.2, -0.15) is 0 Å². The number of hydrogen-bond acceptors (Lipinski definition) is 5. The highest BCUT2D eigenvalue weighted by molar-refractivity contribution is 5.98. The van der Waals surface area contributed by atoms with Gasteiger partial charge in [0.2, 0.25) is 0 Å². The molecule has 8 heteroatoms. The van der Waals surface area contributed by atoms with Crippen molar-refractivity contribution in [2.45, 2.75) is 6.54 Å². The van der Waals surface area contributed by atoms with Crippen LogP contribution in [-0.4, -0.2) is 33.0 Å². The van der Waals surface area contributed by atoms with Crippen LogP contribution in [0.2, 0.25) is 0 Å². The van der Waals surface area contributed by atoms with E-state index in [1.54, 1.807) is 43.8 Å². The van der Waals surface area contributed by atoms with Gasteiger partial charge in [-0.25, -0.2) is 9.07 Å². The number of amides is 1. The van der Waals surface area contributed by atoms with E-state index in [2.05, 4.69) is 20.6 Å². The molecule has 0 atom stereocenters. The summed E-state index contributed by atoms with van der Waals surface area (Å²) in [6.07, 6.45) is 3.24. The van der Waals surface area contributed by atoms with Crippen molar-refractivity contribution < 1.29 is 13.9 Å². The van der Waals surface area contributed by atoms with E-state index in [9.17, 15) is 9.18 Å². The minimum absolute atomic E-state index is 0.161. The molecule has 4 aromatic rings. The van der Waals surface area contributed by atoms with E-state index < -0.39 is 0 Å². The Morgan fingerprint density at radius 2 is 1.87 bits per heavy atom. The summed E-state index contributed by atoms with van der Waals surface area (Å²) in [7, 11) is 1.59. The summed E-state index contributed by atoms with van der Waals surface area (Å²) in [5.41, 5.74) is 2.84. The number of pyridine rings is 1. The Morgan fingerprint density at radius 3 is 2.60 bits per heavy atom. The minimum Gasteiger partial charge on any atom is -0.497 e. The molecule has 0 bridgehead atoms. The topological polar surface area (TPSA) is 81.9 Å². The second-order valence-electron chi connectivity index (χ2n) is 6.44. The lowest BCUT2D eigenvalue weighted by Crippen LogP contribution is -2.24. The normalized spacial score (nSPS) is 10.6. The average Bonchev–Trinajstić information content (AvgIpc) is 3.24. The number of aromatic nitrogens is 4. The van der Waals surface area contributed by atoms with Crippen LogP contribution in [0.15, 0.2) is 73.1 Å². The van der Waals surface area contributed by atoms with Crippen molar-refractivity contribution in [3.8, 4) is 22.7 Å². The third-order valence-corrected chi connectivity index (χ3v) is 4.50. The lowest BCUT2D eigenvalue weighted by molar-refractivity contribution is 0.0946. The van der Waals surface area contributed by atoms with Crippen LogP contribution in [0, 0.1) is 5.82 Å². The molecule has 150 valence electrons. The highest BCUT2D eigenvalue weighted by Crippen LogP contribution is 2.25. The van der Waals surface area contributed by atoms with Gasteiger partial charge in [0.15, 0.2) is 5.69 Å². The summed E-state index contributed by atoms with van der Waals surface area (Å²) in [6, 6.07) is 16.8. The standard InChI is InChI=1S/C22H18FN5O2/c1-30-19-4-2-3-15(13-19)14-25-22(29)20-21(16-9-11-24-12-10-16)28(27-26-20)18-7-5-17(23)6-8-18/h2-13H,14H2,1H3,(H,25,29). The Labute approximate surface area is 172 Å². The zero-order valence-corrected chi connectivity index (χ0v) is 16.1. The van der Waals surface area contributed by atoms with E-state index >= 15 is 0 Å². The van der Waals surface area contributed by atoms with Gasteiger partial charge < -0.3 is 10.1 Å². The lowest BCUT2D eigenvalue weighted by Gasteiger charge is -2.09. The van der Waals surface area contributed by atoms with Gasteiger partial charge in [0.05, 0.1) is 12.8 Å². The molecule has 1 N–H and O–H groups in total. The highest BCUT2D eigenvalue weighted by Gasteiger charge is 2.22. The molecule has 0 aliphatic carbocycles. The molecule has 0 aliphatic rings. The fraction of sp³-hybridized carbons (Fsp3) is 0.0909. The molecule has 0 saturated carbocycles. The molecule has 2 aromatic heterocycles. The Balaban J connectivity index is 1.67. The Bertz CT molecular complexity index is 1160. The number of nitrogens with one attached hydrogen (secondary N) is 1. The molecular weight excluding hydrogens is 385 g/mol. The summed E-state index contributed by atoms with van der Waals surface area (Å²) in [4.78, 5) is 17.0. The number of methoxy groups -OCH3 is 1. The molecule has 0 unspecified atom stereocenters. The van der Waals surface area contributed by atoms with E-state index in [0.717, 1.165) is 5.56 Å². The molecule has 7 nitrogen and oxygen atoms in total. The first-order valence-corrected chi connectivity index (χ1v) is 9.19. The lowest BCUT2D eigenvalue weighted by atomic mass is 10.1. The van der Waals surface area contributed by atoms with Gasteiger partial charge in [-0.1, -0.05) is 17.3 Å². The molecule has 0 radical (unpaired) electrons. The summed E-state index contributed by atoms with van der Waals surface area (Å²) in [5, 5.41) is 11.1. The van der Waals surface area contributed by atoms with Crippen LogP contribution < -0.4 is 10.1 Å². The van der Waals surface area contributed by atoms with Gasteiger partial charge in [0.25, 0.3) is 5.91 Å². The average molecular weight is 403 g/mol. The second kappa shape index (κ2) is 8.52. The summed E-state index contributed by atoms with van der Waals surface area (Å²) in [5.74, 6) is -0.0277. The van der Waals surface area contributed by atoms with Crippen molar-refractivity contribution >= 4 is 5.91 Å². The molecule has 0 spiro atoms. The predicted octanol–water partition coefficient (Wildman–Crippen LogP) is 3.41. The molecule has 30 heavy (non-hydrogen) atoms. The largest absolute Gasteiger partial charge is 0.497 e. The SMILES string of the molecule is COc1cccc(CNC(=O)c2nnn(-c3ccc(F)cc3)c2-c2ccncc2)c1. The van der Waals surface area contributed by atoms with Crippen molar-refractivity contribution in [3.05, 3.63) is 90.1 Å². The van der Waals surface area contributed by atoms with E-state index in [4.69, 9.17) is 4.74 Å². The van der Waals surface area contributed by atoms with Crippen LogP contribution in [0.4, 0.5) is 4.39 Å². The smallest absolute Gasteiger partial charge is 0.274 e. The molecule has 2 heterocycles. The number of ether oxygens (including phenoxy) is 1. The summed E-state index contributed by atoms with van der Waals surface area (Å²) < 4.78 is 20.1. The molecule has 0 fully saturated rings. The second-order valence-corrected chi connectivity index (χ2v) is 6.44. The van der Waals surface area contributed by atoms with Crippen molar-refractivity contribution in [1.29, 1.82) is 0 Å². The number of hydrogen-bond donors (Lipinski definition) is 1. The number of halogens is 1. The van der Waals surface area contributed by atoms with Crippen molar-refractivity contribution in [3.63, 3.8) is 0 Å². The first-order valence-electron chi connectivity index (χ1n) is 9.19. The van der Waals surface area contributed by atoms with Crippen molar-refractivity contribution in [2.75, 3.05) is 7.11 Å². The Morgan fingerprint density at radius 1 is 1.10 bits per heavy atom. The number of nitrogens with zero attached hydrogens (tertiary/aromatic N) is 4. The van der Waals surface area contributed by atoms with E-state index in [1.807, 2.05) is 24.3 Å². The predicted molar refractivity (Wildman–Crippen MR) is 109 cm³/mol. The van der Waals surface area contributed by atoms with E-state index in [0.29, 0.717) is 29.2 Å². The highest BCUT2D eigenvalue weighted by atomic mass is 19.1. The maximum Gasteiger partial charge on any atom is 0.274 e. The monoisotopic (exact) mass is 403 g/mol. The van der Waals surface area contributed by atoms with Gasteiger partial charge in [0.1, 0.15) is 17.3 Å². The summed E-state index contributed by atoms with van der Waals surface area (Å²) >= 11 is 0. The minimum atomic E-state index is -0.377. The Kier molecular flexibility index (Phi) is 5.47. The van der Waals surface area contributed by atoms with Gasteiger partial charge in [0, 0.05) is 24.5 Å². The van der Waals surface area contributed by atoms with Gasteiger partial charge in [-0.05, 0) is 54.1 Å². The summed E-state index contributed by atoms with van der Waals surface area (Å²) in [6.45, 7) is 0.301. The zero-order valence-electron chi connectivity index (χ0n) is 16.1. The maximum atomic E-state index is 13.3. The number of carbonyl (C=O) groups excluding carboxylic acids is 1. The first kappa shape index (κ1) is 19.3. The molecule has 1 amide bonds. The van der Waals surface area contributed by atoms with Gasteiger partial charge in [-0.3, -0.25) is 9.78 Å². The first-order chi connectivity index (χ1) is 14.7. The van der Waals surface area contributed by atoms with Crippen molar-refractivity contribution in [2.24, 2.45) is 0 Å². The fourth-order valence-electron chi connectivity index (χ4n) is 3.02. The number of rotatable bonds is 6. The van der Waals surface area contributed by atoms with Crippen LogP contribution in [0.3, 0.4) is 0 Å². The van der Waals surface area contributed by atoms with Crippen LogP contribution in [0.25, 0.3) is 16.9 Å². The Hall–Kier alpha value is -4.07. The van der Waals surface area contributed by atoms with Gasteiger partial charge >= 0.3 is 0 Å². The maximum absolute atomic E-state index is 13.3. The fourth-order valence-corrected chi connectivity index (χ4v) is 3.02. The third-order valence-electron chi connectivity index (χ3n) is 4.50. The van der Waals surface area contributed by atoms with E-state index in [1.165, 1.54) is 16.8 Å². The van der Waals surface area contributed by atoms with Gasteiger partial charge in [-0.15, -0.1) is 5.10 Å². The number of carbonyl (C=O) groups is 1. The molecule has 0 aliphatic heterocycles. The van der Waals surface area contributed by atoms with Crippen LogP contribution in [0.1, 0.15) is 16.1 Å².